The predicted octanol–water partition coefficient (Wildman–Crippen LogP) is 1.61. The van der Waals surface area contributed by atoms with Crippen molar-refractivity contribution in [3.63, 3.8) is 0 Å². The summed E-state index contributed by atoms with van der Waals surface area (Å²) in [5.74, 6) is 0.919. The van der Waals surface area contributed by atoms with Crippen LogP contribution in [0.5, 0.6) is 0 Å². The zero-order valence-corrected chi connectivity index (χ0v) is 9.91. The lowest BCUT2D eigenvalue weighted by atomic mass is 9.69. The number of piperidine rings is 1. The van der Waals surface area contributed by atoms with Crippen LogP contribution in [0.15, 0.2) is 0 Å². The van der Waals surface area contributed by atoms with Crippen molar-refractivity contribution in [2.75, 3.05) is 0 Å². The zero-order valence-electron chi connectivity index (χ0n) is 9.91. The number of nitrogens with zero attached hydrogens (tertiary/aromatic N) is 1. The maximum atomic E-state index is 12.0. The molecule has 1 unspecified atom stereocenters. The number of Topliss-reactive ketones (excluding diaryl/α,β-unsaturated/α-hetero) is 1. The van der Waals surface area contributed by atoms with Gasteiger partial charge in [0.15, 0.2) is 5.78 Å². The molecule has 15 heavy (non-hydrogen) atoms. The van der Waals surface area contributed by atoms with Crippen LogP contribution in [0.1, 0.15) is 40.5 Å². The van der Waals surface area contributed by atoms with Crippen LogP contribution in [-0.2, 0) is 9.59 Å². The average molecular weight is 209 g/mol. The minimum Gasteiger partial charge on any atom is -0.326 e. The van der Waals surface area contributed by atoms with E-state index in [-0.39, 0.29) is 17.6 Å². The third kappa shape index (κ3) is 1.25. The van der Waals surface area contributed by atoms with Gasteiger partial charge in [-0.15, -0.1) is 0 Å². The summed E-state index contributed by atoms with van der Waals surface area (Å²) in [6.45, 7) is 7.92. The first kappa shape index (κ1) is 10.7. The maximum absolute atomic E-state index is 12.0. The highest BCUT2D eigenvalue weighted by Crippen LogP contribution is 2.44. The second-order valence-corrected chi connectivity index (χ2v) is 5.57. The molecule has 2 fully saturated rings. The third-order valence-corrected chi connectivity index (χ3v) is 3.94. The molecule has 0 spiro atoms. The van der Waals surface area contributed by atoms with E-state index in [9.17, 15) is 9.59 Å². The molecule has 0 aromatic carbocycles. The van der Waals surface area contributed by atoms with E-state index >= 15 is 0 Å². The van der Waals surface area contributed by atoms with Crippen LogP contribution in [0, 0.1) is 11.8 Å². The lowest BCUT2D eigenvalue weighted by molar-refractivity contribution is -0.180. The van der Waals surface area contributed by atoms with Gasteiger partial charge in [-0.3, -0.25) is 9.59 Å². The van der Waals surface area contributed by atoms with Crippen LogP contribution < -0.4 is 0 Å². The Morgan fingerprint density at radius 2 is 1.93 bits per heavy atom. The largest absolute Gasteiger partial charge is 0.326 e. The topological polar surface area (TPSA) is 37.4 Å². The Kier molecular flexibility index (Phi) is 2.18. The molecule has 0 radical (unpaired) electrons. The van der Waals surface area contributed by atoms with Gasteiger partial charge in [0.05, 0.1) is 11.5 Å². The van der Waals surface area contributed by atoms with Crippen LogP contribution in [0.25, 0.3) is 0 Å². The van der Waals surface area contributed by atoms with Gasteiger partial charge in [-0.2, -0.15) is 0 Å². The first-order valence-electron chi connectivity index (χ1n) is 5.74. The highest BCUT2D eigenvalue weighted by Gasteiger charge is 2.58. The molecule has 0 saturated carbocycles. The molecule has 0 aliphatic carbocycles. The van der Waals surface area contributed by atoms with Crippen molar-refractivity contribution in [3.05, 3.63) is 0 Å². The number of carbonyl (C=O) groups excluding carboxylic acids is 2. The van der Waals surface area contributed by atoms with Crippen LogP contribution in [-0.4, -0.2) is 28.2 Å². The third-order valence-electron chi connectivity index (χ3n) is 3.94. The van der Waals surface area contributed by atoms with Gasteiger partial charge in [0.1, 0.15) is 0 Å². The summed E-state index contributed by atoms with van der Waals surface area (Å²) in [6, 6.07) is 0.310. The molecule has 1 amide bonds. The first-order chi connectivity index (χ1) is 6.87. The minimum atomic E-state index is -0.564. The average Bonchev–Trinajstić information content (AvgIpc) is 2.07. The fourth-order valence-corrected chi connectivity index (χ4v) is 3.01. The summed E-state index contributed by atoms with van der Waals surface area (Å²) in [4.78, 5) is 25.5. The Hall–Kier alpha value is -0.860. The molecule has 84 valence electrons. The van der Waals surface area contributed by atoms with Gasteiger partial charge in [-0.1, -0.05) is 13.8 Å². The van der Waals surface area contributed by atoms with Gasteiger partial charge in [-0.05, 0) is 26.2 Å². The molecule has 3 heteroatoms. The number of hydrogen-bond acceptors (Lipinski definition) is 2. The van der Waals surface area contributed by atoms with Gasteiger partial charge in [0.2, 0.25) is 5.91 Å². The van der Waals surface area contributed by atoms with Crippen LogP contribution in [0.3, 0.4) is 0 Å². The molecule has 0 N–H and O–H groups in total. The smallest absolute Gasteiger partial charge is 0.229 e. The highest BCUT2D eigenvalue weighted by molar-refractivity contribution is 5.98. The van der Waals surface area contributed by atoms with Crippen LogP contribution in [0.2, 0.25) is 0 Å². The SMILES string of the molecule is CC(C)[C@@H]1C(=O)N2C1CCC(=O)C2(C)C. The number of rotatable bonds is 1. The summed E-state index contributed by atoms with van der Waals surface area (Å²) in [5.41, 5.74) is -0.564. The molecule has 2 atom stereocenters. The molecule has 2 heterocycles. The number of ketones is 1. The fraction of sp³-hybridized carbons (Fsp3) is 0.833. The molecule has 3 nitrogen and oxygen atoms in total. The lowest BCUT2D eigenvalue weighted by Gasteiger charge is -2.58. The van der Waals surface area contributed by atoms with Crippen molar-refractivity contribution < 1.29 is 9.59 Å². The van der Waals surface area contributed by atoms with E-state index in [4.69, 9.17) is 0 Å². The number of fused-ring (bicyclic) bond motifs is 1. The van der Waals surface area contributed by atoms with Crippen molar-refractivity contribution in [3.8, 4) is 0 Å². The number of β-lactam (4-membered cyclic amide) rings is 1. The van der Waals surface area contributed by atoms with E-state index < -0.39 is 5.54 Å². The molecule has 0 aromatic heterocycles. The van der Waals surface area contributed by atoms with E-state index in [2.05, 4.69) is 13.8 Å². The second kappa shape index (κ2) is 3.06. The van der Waals surface area contributed by atoms with E-state index in [0.29, 0.717) is 18.4 Å². The second-order valence-electron chi connectivity index (χ2n) is 5.57. The monoisotopic (exact) mass is 209 g/mol. The standard InChI is InChI=1S/C12H19NO2/c1-7(2)10-8-5-6-9(14)12(3,4)13(8)11(10)15/h7-8,10H,5-6H2,1-4H3/t8?,10-/m0/s1. The molecule has 0 aromatic rings. The summed E-state index contributed by atoms with van der Waals surface area (Å²) < 4.78 is 0. The molecule has 0 bridgehead atoms. The van der Waals surface area contributed by atoms with E-state index in [1.807, 2.05) is 18.7 Å². The molecule has 2 aliphatic heterocycles. The Bertz CT molecular complexity index is 320. The normalized spacial score (nSPS) is 34.1. The minimum absolute atomic E-state index is 0.150. The Morgan fingerprint density at radius 3 is 2.47 bits per heavy atom. The van der Waals surface area contributed by atoms with Gasteiger partial charge < -0.3 is 4.90 Å². The summed E-state index contributed by atoms with van der Waals surface area (Å²) >= 11 is 0. The number of amides is 1. The van der Waals surface area contributed by atoms with Crippen LogP contribution in [0.4, 0.5) is 0 Å². The van der Waals surface area contributed by atoms with Crippen molar-refractivity contribution in [1.82, 2.24) is 4.90 Å². The quantitative estimate of drug-likeness (QED) is 0.615. The van der Waals surface area contributed by atoms with Crippen molar-refractivity contribution in [2.24, 2.45) is 11.8 Å². The molecule has 2 aliphatic rings. The molecule has 2 saturated heterocycles. The summed E-state index contributed by atoms with van der Waals surface area (Å²) in [7, 11) is 0. The first-order valence-corrected chi connectivity index (χ1v) is 5.74. The van der Waals surface area contributed by atoms with Gasteiger partial charge >= 0.3 is 0 Å². The maximum Gasteiger partial charge on any atom is 0.229 e. The summed E-state index contributed by atoms with van der Waals surface area (Å²) in [6.07, 6.45) is 1.49. The lowest BCUT2D eigenvalue weighted by Crippen LogP contribution is -2.73. The Balaban J connectivity index is 2.25. The van der Waals surface area contributed by atoms with Crippen LogP contribution >= 0.6 is 0 Å². The Morgan fingerprint density at radius 1 is 1.33 bits per heavy atom. The van der Waals surface area contributed by atoms with Gasteiger partial charge in [0, 0.05) is 12.5 Å². The Labute approximate surface area is 90.8 Å². The van der Waals surface area contributed by atoms with Crippen molar-refractivity contribution >= 4 is 11.7 Å². The molecule has 2 rings (SSSR count). The van der Waals surface area contributed by atoms with Gasteiger partial charge in [-0.25, -0.2) is 0 Å². The van der Waals surface area contributed by atoms with E-state index in [1.54, 1.807) is 0 Å². The molecular formula is C12H19NO2. The number of hydrogen-bond donors (Lipinski definition) is 0. The zero-order chi connectivity index (χ0) is 11.4. The highest BCUT2D eigenvalue weighted by atomic mass is 16.2. The predicted molar refractivity (Wildman–Crippen MR) is 57.3 cm³/mol. The number of carbonyl (C=O) groups is 2. The van der Waals surface area contributed by atoms with Crippen molar-refractivity contribution in [2.45, 2.75) is 52.1 Å². The van der Waals surface area contributed by atoms with Gasteiger partial charge in [0.25, 0.3) is 0 Å². The summed E-state index contributed by atoms with van der Waals surface area (Å²) in [5, 5.41) is 0. The van der Waals surface area contributed by atoms with Crippen molar-refractivity contribution in [1.29, 1.82) is 0 Å². The molecular weight excluding hydrogens is 190 g/mol. The van der Waals surface area contributed by atoms with E-state index in [1.165, 1.54) is 0 Å². The van der Waals surface area contributed by atoms with E-state index in [0.717, 1.165) is 6.42 Å². The fourth-order valence-electron chi connectivity index (χ4n) is 3.01.